The van der Waals surface area contributed by atoms with Gasteiger partial charge >= 0.3 is 0 Å². The molecule has 0 unspecified atom stereocenters. The Kier molecular flexibility index (Phi) is 6.99. The van der Waals surface area contributed by atoms with E-state index >= 15 is 0 Å². The molecule has 3 heteroatoms. The molecule has 0 bridgehead atoms. The molecule has 0 aliphatic heterocycles. The van der Waals surface area contributed by atoms with Gasteiger partial charge in [-0.05, 0) is 30.5 Å². The van der Waals surface area contributed by atoms with E-state index in [9.17, 15) is 4.79 Å². The average molecular weight is 373 g/mol. The van der Waals surface area contributed by atoms with Crippen molar-refractivity contribution in [3.63, 3.8) is 0 Å². The summed E-state index contributed by atoms with van der Waals surface area (Å²) in [6.45, 7) is 7.00. The van der Waals surface area contributed by atoms with Gasteiger partial charge in [0.05, 0.1) is 6.54 Å². The fourth-order valence-electron chi connectivity index (χ4n) is 3.41. The zero-order valence-electron chi connectivity index (χ0n) is 16.7. The minimum Gasteiger partial charge on any atom is -0.383 e. The van der Waals surface area contributed by atoms with Crippen LogP contribution in [0.25, 0.3) is 0 Å². The Morgan fingerprint density at radius 1 is 0.821 bits per heavy atom. The van der Waals surface area contributed by atoms with Gasteiger partial charge in [-0.1, -0.05) is 78.9 Å². The van der Waals surface area contributed by atoms with E-state index in [0.29, 0.717) is 6.54 Å². The number of para-hydroxylation sites is 1. The third-order valence-electron chi connectivity index (χ3n) is 4.92. The maximum absolute atomic E-state index is 12.7. The Hall–Kier alpha value is -2.91. The highest BCUT2D eigenvalue weighted by molar-refractivity contribution is 5.97. The number of nitrogens with one attached hydrogen (secondary N) is 1. The maximum atomic E-state index is 12.7. The largest absolute Gasteiger partial charge is 0.383 e. The Labute approximate surface area is 168 Å². The van der Waals surface area contributed by atoms with Crippen molar-refractivity contribution in [2.24, 2.45) is 0 Å². The van der Waals surface area contributed by atoms with Crippen molar-refractivity contribution < 1.29 is 4.79 Å². The van der Waals surface area contributed by atoms with E-state index in [1.54, 1.807) is 0 Å². The number of anilines is 1. The molecular formula is C25H28N2O. The van der Waals surface area contributed by atoms with Gasteiger partial charge in [0.2, 0.25) is 0 Å². The summed E-state index contributed by atoms with van der Waals surface area (Å²) in [5.74, 6) is 0.156. The van der Waals surface area contributed by atoms with E-state index < -0.39 is 0 Å². The Morgan fingerprint density at radius 2 is 1.43 bits per heavy atom. The molecule has 3 nitrogen and oxygen atoms in total. The van der Waals surface area contributed by atoms with E-state index in [2.05, 4.69) is 54.4 Å². The lowest BCUT2D eigenvalue weighted by Crippen LogP contribution is -2.33. The lowest BCUT2D eigenvalue weighted by Gasteiger charge is -2.23. The van der Waals surface area contributed by atoms with Crippen molar-refractivity contribution in [1.29, 1.82) is 0 Å². The van der Waals surface area contributed by atoms with E-state index in [1.165, 1.54) is 22.4 Å². The first-order chi connectivity index (χ1) is 13.6. The minimum absolute atomic E-state index is 0.156. The molecule has 0 aromatic heterocycles. The second-order valence-electron chi connectivity index (χ2n) is 7.18. The monoisotopic (exact) mass is 372 g/mol. The minimum atomic E-state index is 0.156. The van der Waals surface area contributed by atoms with Crippen molar-refractivity contribution in [2.45, 2.75) is 20.4 Å². The maximum Gasteiger partial charge on any atom is 0.176 e. The van der Waals surface area contributed by atoms with Crippen LogP contribution in [0.2, 0.25) is 0 Å². The fourth-order valence-corrected chi connectivity index (χ4v) is 3.41. The molecule has 1 N–H and O–H groups in total. The van der Waals surface area contributed by atoms with Crippen molar-refractivity contribution in [2.75, 3.05) is 25.0 Å². The van der Waals surface area contributed by atoms with Gasteiger partial charge in [0.25, 0.3) is 0 Å². The molecular weight excluding hydrogens is 344 g/mol. The smallest absolute Gasteiger partial charge is 0.176 e. The van der Waals surface area contributed by atoms with Crippen LogP contribution in [-0.2, 0) is 6.54 Å². The van der Waals surface area contributed by atoms with Gasteiger partial charge in [-0.15, -0.1) is 0 Å². The van der Waals surface area contributed by atoms with Gasteiger partial charge in [0.1, 0.15) is 0 Å². The first-order valence-corrected chi connectivity index (χ1v) is 9.78. The summed E-state index contributed by atoms with van der Waals surface area (Å²) in [7, 11) is 0. The SMILES string of the molecule is Cc1cccc(C)c1NCCN(CC(=O)c1ccccc1)Cc1ccccc1. The summed E-state index contributed by atoms with van der Waals surface area (Å²) >= 11 is 0. The zero-order chi connectivity index (χ0) is 19.8. The van der Waals surface area contributed by atoms with Crippen LogP contribution >= 0.6 is 0 Å². The fraction of sp³-hybridized carbons (Fsp3) is 0.240. The molecule has 0 saturated carbocycles. The van der Waals surface area contributed by atoms with Crippen LogP contribution in [-0.4, -0.2) is 30.3 Å². The van der Waals surface area contributed by atoms with Gasteiger partial charge in [-0.25, -0.2) is 0 Å². The number of nitrogens with zero attached hydrogens (tertiary/aromatic N) is 1. The number of carbonyl (C=O) groups is 1. The first kappa shape index (κ1) is 19.8. The lowest BCUT2D eigenvalue weighted by molar-refractivity contribution is 0.0928. The third-order valence-corrected chi connectivity index (χ3v) is 4.92. The van der Waals surface area contributed by atoms with Crippen molar-refractivity contribution in [1.82, 2.24) is 4.90 Å². The molecule has 0 saturated heterocycles. The Bertz CT molecular complexity index is 871. The van der Waals surface area contributed by atoms with Gasteiger partial charge in [-0.2, -0.15) is 0 Å². The summed E-state index contributed by atoms with van der Waals surface area (Å²) in [5, 5.41) is 3.56. The number of carbonyl (C=O) groups excluding carboxylic acids is 1. The normalized spacial score (nSPS) is 10.8. The quantitative estimate of drug-likeness (QED) is 0.530. The molecule has 0 heterocycles. The highest BCUT2D eigenvalue weighted by Gasteiger charge is 2.13. The Morgan fingerprint density at radius 3 is 2.07 bits per heavy atom. The summed E-state index contributed by atoms with van der Waals surface area (Å²) in [6, 6.07) is 26.2. The average Bonchev–Trinajstić information content (AvgIpc) is 2.71. The predicted octanol–water partition coefficient (Wildman–Crippen LogP) is 5.10. The summed E-state index contributed by atoms with van der Waals surface area (Å²) < 4.78 is 0. The zero-order valence-corrected chi connectivity index (χ0v) is 16.7. The standard InChI is InChI=1S/C25H28N2O/c1-20-10-9-11-21(2)25(20)26-16-17-27(18-22-12-5-3-6-13-22)19-24(28)23-14-7-4-8-15-23/h3-15,26H,16-19H2,1-2H3. The topological polar surface area (TPSA) is 32.3 Å². The van der Waals surface area contributed by atoms with Crippen LogP contribution in [0, 0.1) is 13.8 Å². The molecule has 0 radical (unpaired) electrons. The molecule has 0 spiro atoms. The molecule has 0 aliphatic rings. The van der Waals surface area contributed by atoms with Gasteiger partial charge in [0, 0.05) is 30.9 Å². The molecule has 0 amide bonds. The number of hydrogen-bond acceptors (Lipinski definition) is 3. The molecule has 3 rings (SSSR count). The van der Waals surface area contributed by atoms with Crippen molar-refractivity contribution in [3.05, 3.63) is 101 Å². The highest BCUT2D eigenvalue weighted by Crippen LogP contribution is 2.19. The Balaban J connectivity index is 1.66. The van der Waals surface area contributed by atoms with E-state index in [-0.39, 0.29) is 5.78 Å². The van der Waals surface area contributed by atoms with E-state index in [1.807, 2.05) is 48.5 Å². The molecule has 0 fully saturated rings. The van der Waals surface area contributed by atoms with Crippen molar-refractivity contribution in [3.8, 4) is 0 Å². The number of hydrogen-bond donors (Lipinski definition) is 1. The second-order valence-corrected chi connectivity index (χ2v) is 7.18. The van der Waals surface area contributed by atoms with Gasteiger partial charge < -0.3 is 5.32 Å². The lowest BCUT2D eigenvalue weighted by atomic mass is 10.1. The molecule has 0 atom stereocenters. The van der Waals surface area contributed by atoms with Crippen LogP contribution in [0.1, 0.15) is 27.0 Å². The summed E-state index contributed by atoms with van der Waals surface area (Å²) in [4.78, 5) is 14.9. The van der Waals surface area contributed by atoms with Crippen LogP contribution in [0.3, 0.4) is 0 Å². The summed E-state index contributed by atoms with van der Waals surface area (Å²) in [6.07, 6.45) is 0. The predicted molar refractivity (Wildman–Crippen MR) is 117 cm³/mol. The molecule has 28 heavy (non-hydrogen) atoms. The number of Topliss-reactive ketones (excluding diaryl/α,β-unsaturated/α-hetero) is 1. The number of rotatable bonds is 9. The summed E-state index contributed by atoms with van der Waals surface area (Å²) in [5.41, 5.74) is 5.67. The highest BCUT2D eigenvalue weighted by atomic mass is 16.1. The van der Waals surface area contributed by atoms with Crippen LogP contribution < -0.4 is 5.32 Å². The first-order valence-electron chi connectivity index (χ1n) is 9.78. The number of ketones is 1. The van der Waals surface area contributed by atoms with Crippen molar-refractivity contribution >= 4 is 11.5 Å². The van der Waals surface area contributed by atoms with E-state index in [0.717, 1.165) is 25.2 Å². The van der Waals surface area contributed by atoms with Crippen LogP contribution in [0.5, 0.6) is 0 Å². The number of benzene rings is 3. The van der Waals surface area contributed by atoms with Gasteiger partial charge in [0.15, 0.2) is 5.78 Å². The molecule has 144 valence electrons. The van der Waals surface area contributed by atoms with Gasteiger partial charge in [-0.3, -0.25) is 9.69 Å². The van der Waals surface area contributed by atoms with E-state index in [4.69, 9.17) is 0 Å². The number of aryl methyl sites for hydroxylation is 2. The molecule has 0 aliphatic carbocycles. The van der Waals surface area contributed by atoms with Crippen LogP contribution in [0.15, 0.2) is 78.9 Å². The second kappa shape index (κ2) is 9.86. The molecule has 3 aromatic carbocycles. The third kappa shape index (κ3) is 5.54. The van der Waals surface area contributed by atoms with Crippen LogP contribution in [0.4, 0.5) is 5.69 Å². The molecule has 3 aromatic rings.